The van der Waals surface area contributed by atoms with Crippen LogP contribution < -0.4 is 15.8 Å². The molecule has 0 fully saturated rings. The molecular weight excluding hydrogens is 263 g/mol. The van der Waals surface area contributed by atoms with E-state index in [-0.39, 0.29) is 23.8 Å². The predicted molar refractivity (Wildman–Crippen MR) is 76.3 cm³/mol. The number of rotatable bonds is 8. The lowest BCUT2D eigenvalue weighted by atomic mass is 10.2. The van der Waals surface area contributed by atoms with Gasteiger partial charge in [-0.3, -0.25) is 4.79 Å². The van der Waals surface area contributed by atoms with E-state index in [1.54, 1.807) is 6.92 Å². The maximum atomic E-state index is 13.6. The number of benzene rings is 1. The van der Waals surface area contributed by atoms with Crippen LogP contribution in [0.3, 0.4) is 0 Å². The molecule has 1 rings (SSSR count). The van der Waals surface area contributed by atoms with E-state index in [1.807, 2.05) is 6.92 Å². The summed E-state index contributed by atoms with van der Waals surface area (Å²) in [5.74, 6) is -0.630. The van der Waals surface area contributed by atoms with E-state index in [9.17, 15) is 9.18 Å². The standard InChI is InChI=1S/C14H21FN2O3/c1-3-7-20-13-9-12(11(16)8-10(13)15)17-6-5-14(18)19-4-2/h8-9,17H,3-7,16H2,1-2H3. The molecule has 0 bridgehead atoms. The lowest BCUT2D eigenvalue weighted by Crippen LogP contribution is -2.12. The molecule has 0 aliphatic heterocycles. The molecule has 0 unspecified atom stereocenters. The number of esters is 1. The van der Waals surface area contributed by atoms with Crippen molar-refractivity contribution in [3.8, 4) is 5.75 Å². The minimum atomic E-state index is -0.494. The van der Waals surface area contributed by atoms with Crippen LogP contribution in [0.2, 0.25) is 0 Å². The Bertz CT molecular complexity index is 452. The first-order valence-electron chi connectivity index (χ1n) is 6.69. The van der Waals surface area contributed by atoms with Gasteiger partial charge in [0, 0.05) is 18.7 Å². The second-order valence-electron chi connectivity index (χ2n) is 4.20. The van der Waals surface area contributed by atoms with Crippen molar-refractivity contribution in [2.24, 2.45) is 0 Å². The van der Waals surface area contributed by atoms with Gasteiger partial charge in [-0.05, 0) is 13.3 Å². The number of carbonyl (C=O) groups is 1. The zero-order valence-electron chi connectivity index (χ0n) is 11.9. The first kappa shape index (κ1) is 16.1. The fourth-order valence-corrected chi connectivity index (χ4v) is 1.58. The van der Waals surface area contributed by atoms with Crippen LogP contribution in [0.5, 0.6) is 5.75 Å². The van der Waals surface area contributed by atoms with Crippen molar-refractivity contribution in [3.05, 3.63) is 17.9 Å². The monoisotopic (exact) mass is 284 g/mol. The fraction of sp³-hybridized carbons (Fsp3) is 0.500. The predicted octanol–water partition coefficient (Wildman–Crippen LogP) is 2.56. The largest absolute Gasteiger partial charge is 0.490 e. The van der Waals surface area contributed by atoms with E-state index in [4.69, 9.17) is 15.2 Å². The Morgan fingerprint density at radius 3 is 2.80 bits per heavy atom. The highest BCUT2D eigenvalue weighted by Gasteiger charge is 2.09. The van der Waals surface area contributed by atoms with Gasteiger partial charge in [0.1, 0.15) is 0 Å². The third-order valence-corrected chi connectivity index (χ3v) is 2.52. The van der Waals surface area contributed by atoms with Gasteiger partial charge in [-0.2, -0.15) is 0 Å². The van der Waals surface area contributed by atoms with Crippen LogP contribution in [0.1, 0.15) is 26.7 Å². The molecule has 1 aromatic carbocycles. The Kier molecular flexibility index (Phi) is 6.63. The van der Waals surface area contributed by atoms with Gasteiger partial charge in [0.15, 0.2) is 11.6 Å². The summed E-state index contributed by atoms with van der Waals surface area (Å²) < 4.78 is 23.7. The minimum Gasteiger partial charge on any atom is -0.490 e. The van der Waals surface area contributed by atoms with Gasteiger partial charge < -0.3 is 20.5 Å². The number of nitrogens with two attached hydrogens (primary N) is 1. The van der Waals surface area contributed by atoms with Gasteiger partial charge in [-0.25, -0.2) is 4.39 Å². The number of nitrogen functional groups attached to an aromatic ring is 1. The highest BCUT2D eigenvalue weighted by molar-refractivity contribution is 5.72. The van der Waals surface area contributed by atoms with Gasteiger partial charge in [-0.15, -0.1) is 0 Å². The summed E-state index contributed by atoms with van der Waals surface area (Å²) in [5.41, 5.74) is 6.54. The molecule has 20 heavy (non-hydrogen) atoms. The quantitative estimate of drug-likeness (QED) is 0.567. The third kappa shape index (κ3) is 4.95. The first-order chi connectivity index (χ1) is 9.58. The molecule has 0 radical (unpaired) electrons. The van der Waals surface area contributed by atoms with Gasteiger partial charge in [0.2, 0.25) is 0 Å². The molecular formula is C14H21FN2O3. The SMILES string of the molecule is CCCOc1cc(NCCC(=O)OCC)c(N)cc1F. The maximum Gasteiger partial charge on any atom is 0.307 e. The normalized spacial score (nSPS) is 10.2. The molecule has 0 heterocycles. The molecule has 5 nitrogen and oxygen atoms in total. The lowest BCUT2D eigenvalue weighted by molar-refractivity contribution is -0.142. The van der Waals surface area contributed by atoms with Crippen molar-refractivity contribution in [2.45, 2.75) is 26.7 Å². The molecule has 0 aliphatic carbocycles. The Balaban J connectivity index is 2.62. The van der Waals surface area contributed by atoms with E-state index in [1.165, 1.54) is 12.1 Å². The smallest absolute Gasteiger partial charge is 0.307 e. The Morgan fingerprint density at radius 1 is 1.40 bits per heavy atom. The van der Waals surface area contributed by atoms with Gasteiger partial charge in [0.05, 0.1) is 31.0 Å². The van der Waals surface area contributed by atoms with Crippen LogP contribution in [0, 0.1) is 5.82 Å². The molecule has 0 saturated carbocycles. The number of hydrogen-bond donors (Lipinski definition) is 2. The summed E-state index contributed by atoms with van der Waals surface area (Å²) in [6, 6.07) is 2.71. The molecule has 0 aromatic heterocycles. The molecule has 0 spiro atoms. The number of halogens is 1. The van der Waals surface area contributed by atoms with E-state index < -0.39 is 5.82 Å². The van der Waals surface area contributed by atoms with E-state index >= 15 is 0 Å². The average molecular weight is 284 g/mol. The van der Waals surface area contributed by atoms with Crippen LogP contribution in [0.25, 0.3) is 0 Å². The number of nitrogens with one attached hydrogen (secondary N) is 1. The Labute approximate surface area is 118 Å². The molecule has 0 saturated heterocycles. The summed E-state index contributed by atoms with van der Waals surface area (Å²) in [6.45, 7) is 4.84. The van der Waals surface area contributed by atoms with Crippen LogP contribution in [0.4, 0.5) is 15.8 Å². The maximum absolute atomic E-state index is 13.6. The molecule has 3 N–H and O–H groups in total. The van der Waals surface area contributed by atoms with Crippen molar-refractivity contribution in [2.75, 3.05) is 30.8 Å². The second-order valence-corrected chi connectivity index (χ2v) is 4.20. The summed E-state index contributed by atoms with van der Waals surface area (Å²) in [7, 11) is 0. The van der Waals surface area contributed by atoms with Crippen molar-refractivity contribution in [3.63, 3.8) is 0 Å². The summed E-state index contributed by atoms with van der Waals surface area (Å²) in [5, 5.41) is 2.97. The second kappa shape index (κ2) is 8.24. The van der Waals surface area contributed by atoms with Crippen LogP contribution in [-0.2, 0) is 9.53 Å². The van der Waals surface area contributed by atoms with E-state index in [0.29, 0.717) is 25.4 Å². The van der Waals surface area contributed by atoms with Crippen LogP contribution in [0.15, 0.2) is 12.1 Å². The van der Waals surface area contributed by atoms with Gasteiger partial charge in [-0.1, -0.05) is 6.92 Å². The van der Waals surface area contributed by atoms with Gasteiger partial charge >= 0.3 is 5.97 Å². The zero-order chi connectivity index (χ0) is 15.0. The van der Waals surface area contributed by atoms with Gasteiger partial charge in [0.25, 0.3) is 0 Å². The van der Waals surface area contributed by atoms with Crippen molar-refractivity contribution >= 4 is 17.3 Å². The highest BCUT2D eigenvalue weighted by atomic mass is 19.1. The van der Waals surface area contributed by atoms with Crippen LogP contribution >= 0.6 is 0 Å². The number of hydrogen-bond acceptors (Lipinski definition) is 5. The molecule has 0 atom stereocenters. The number of carbonyl (C=O) groups excluding carboxylic acids is 1. The Hall–Kier alpha value is -1.98. The van der Waals surface area contributed by atoms with Crippen molar-refractivity contribution in [1.29, 1.82) is 0 Å². The molecule has 112 valence electrons. The van der Waals surface area contributed by atoms with Crippen LogP contribution in [-0.4, -0.2) is 25.7 Å². The summed E-state index contributed by atoms with van der Waals surface area (Å²) >= 11 is 0. The highest BCUT2D eigenvalue weighted by Crippen LogP contribution is 2.28. The topological polar surface area (TPSA) is 73.6 Å². The zero-order valence-corrected chi connectivity index (χ0v) is 11.9. The molecule has 6 heteroatoms. The fourth-order valence-electron chi connectivity index (χ4n) is 1.58. The molecule has 1 aromatic rings. The Morgan fingerprint density at radius 2 is 2.15 bits per heavy atom. The summed E-state index contributed by atoms with van der Waals surface area (Å²) in [4.78, 5) is 11.2. The van der Waals surface area contributed by atoms with E-state index in [0.717, 1.165) is 6.42 Å². The van der Waals surface area contributed by atoms with Crippen molar-refractivity contribution < 1.29 is 18.7 Å². The molecule has 0 amide bonds. The summed E-state index contributed by atoms with van der Waals surface area (Å²) in [6.07, 6.45) is 1.01. The minimum absolute atomic E-state index is 0.152. The third-order valence-electron chi connectivity index (χ3n) is 2.52. The van der Waals surface area contributed by atoms with Crippen molar-refractivity contribution in [1.82, 2.24) is 0 Å². The lowest BCUT2D eigenvalue weighted by Gasteiger charge is -2.12. The molecule has 0 aliphatic rings. The first-order valence-corrected chi connectivity index (χ1v) is 6.69. The average Bonchev–Trinajstić information content (AvgIpc) is 2.40. The number of anilines is 2. The number of ether oxygens (including phenoxy) is 2. The van der Waals surface area contributed by atoms with E-state index in [2.05, 4.69) is 5.32 Å².